The van der Waals surface area contributed by atoms with Crippen LogP contribution in [0.25, 0.3) is 6.08 Å². The molecule has 5 rings (SSSR count). The SMILES string of the molecule is COc1cc(/C=C2/C(=N)N3C(SCc4ccccc4)=NSC3=NC2=O)cc(OC)c1OCCOc1ccccc1C. The molecule has 3 aromatic carbocycles. The van der Waals surface area contributed by atoms with Gasteiger partial charge in [0.2, 0.25) is 10.9 Å². The zero-order valence-corrected chi connectivity index (χ0v) is 24.4. The van der Waals surface area contributed by atoms with E-state index in [-0.39, 0.29) is 18.0 Å². The van der Waals surface area contributed by atoms with E-state index in [9.17, 15) is 4.79 Å². The number of aliphatic imine (C=N–C) groups is 1. The molecule has 210 valence electrons. The maximum atomic E-state index is 12.9. The molecule has 1 N–H and O–H groups in total. The second kappa shape index (κ2) is 13.0. The molecule has 0 aliphatic carbocycles. The highest BCUT2D eigenvalue weighted by Crippen LogP contribution is 2.40. The van der Waals surface area contributed by atoms with Crippen LogP contribution in [0.3, 0.4) is 0 Å². The minimum Gasteiger partial charge on any atom is -0.493 e. The third kappa shape index (κ3) is 6.41. The maximum absolute atomic E-state index is 12.9. The predicted octanol–water partition coefficient (Wildman–Crippen LogP) is 5.98. The van der Waals surface area contributed by atoms with Gasteiger partial charge in [0.05, 0.1) is 31.7 Å². The number of rotatable bonds is 10. The summed E-state index contributed by atoms with van der Waals surface area (Å²) in [5, 5.41) is 9.83. The summed E-state index contributed by atoms with van der Waals surface area (Å²) in [6, 6.07) is 21.2. The summed E-state index contributed by atoms with van der Waals surface area (Å²) in [4.78, 5) is 18.7. The van der Waals surface area contributed by atoms with Crippen molar-refractivity contribution in [1.29, 1.82) is 5.41 Å². The first-order valence-corrected chi connectivity index (χ1v) is 14.5. The van der Waals surface area contributed by atoms with E-state index in [0.29, 0.717) is 45.5 Å². The van der Waals surface area contributed by atoms with Gasteiger partial charge in [-0.2, -0.15) is 9.39 Å². The van der Waals surface area contributed by atoms with Crippen LogP contribution in [0.15, 0.2) is 81.7 Å². The predicted molar refractivity (Wildman–Crippen MR) is 164 cm³/mol. The standard InChI is InChI=1S/C30H28N4O5S2/c1-19-9-7-8-12-23(19)38-13-14-39-26-24(36-2)16-21(17-25(26)37-3)15-22-27(31)34-29(32-28(22)35)41-33-30(34)40-18-20-10-5-4-6-11-20/h4-12,15-17,31H,13-14,18H2,1-3H3/b22-15-,31-27?. The number of methoxy groups -OCH3 is 2. The van der Waals surface area contributed by atoms with Crippen LogP contribution < -0.4 is 18.9 Å². The lowest BCUT2D eigenvalue weighted by Gasteiger charge is -2.24. The van der Waals surface area contributed by atoms with Gasteiger partial charge in [-0.1, -0.05) is 60.3 Å². The number of amides is 1. The molecule has 1 amide bonds. The third-order valence-corrected chi connectivity index (χ3v) is 8.01. The molecule has 0 saturated carbocycles. The molecule has 0 bridgehead atoms. The van der Waals surface area contributed by atoms with E-state index >= 15 is 0 Å². The van der Waals surface area contributed by atoms with Gasteiger partial charge in [0.25, 0.3) is 5.91 Å². The highest BCUT2D eigenvalue weighted by atomic mass is 32.2. The number of thioether (sulfide) groups is 1. The number of ether oxygens (including phenoxy) is 4. The van der Waals surface area contributed by atoms with Crippen LogP contribution in [0.4, 0.5) is 0 Å². The number of fused-ring (bicyclic) bond motifs is 1. The van der Waals surface area contributed by atoms with E-state index in [1.807, 2.05) is 61.5 Å². The summed E-state index contributed by atoms with van der Waals surface area (Å²) in [6.45, 7) is 2.57. The Bertz CT molecular complexity index is 1530. The number of carbonyl (C=O) groups is 1. The van der Waals surface area contributed by atoms with Gasteiger partial charge in [0, 0.05) is 5.75 Å². The summed E-state index contributed by atoms with van der Waals surface area (Å²) < 4.78 is 27.4. The average molecular weight is 589 g/mol. The molecular formula is C30H28N4O5S2. The number of hydrogen-bond donors (Lipinski definition) is 1. The Morgan fingerprint density at radius 2 is 1.63 bits per heavy atom. The van der Waals surface area contributed by atoms with E-state index < -0.39 is 5.91 Å². The molecule has 0 radical (unpaired) electrons. The van der Waals surface area contributed by atoms with E-state index in [2.05, 4.69) is 9.39 Å². The molecule has 41 heavy (non-hydrogen) atoms. The number of carbonyl (C=O) groups excluding carboxylic acids is 1. The first kappa shape index (κ1) is 28.3. The molecule has 2 heterocycles. The van der Waals surface area contributed by atoms with Crippen molar-refractivity contribution in [3.63, 3.8) is 0 Å². The highest BCUT2D eigenvalue weighted by molar-refractivity contribution is 8.18. The molecule has 0 unspecified atom stereocenters. The maximum Gasteiger partial charge on any atom is 0.283 e. The molecule has 3 aromatic rings. The lowest BCUT2D eigenvalue weighted by Crippen LogP contribution is -2.41. The Labute approximate surface area is 246 Å². The quantitative estimate of drug-likeness (QED) is 0.175. The van der Waals surface area contributed by atoms with Crippen LogP contribution in [-0.4, -0.2) is 54.4 Å². The van der Waals surface area contributed by atoms with E-state index in [1.165, 1.54) is 26.0 Å². The number of para-hydroxylation sites is 1. The summed E-state index contributed by atoms with van der Waals surface area (Å²) in [5.41, 5.74) is 2.90. The molecule has 11 heteroatoms. The van der Waals surface area contributed by atoms with Crippen molar-refractivity contribution < 1.29 is 23.7 Å². The Morgan fingerprint density at radius 3 is 2.34 bits per heavy atom. The van der Waals surface area contributed by atoms with E-state index in [0.717, 1.165) is 28.8 Å². The van der Waals surface area contributed by atoms with Crippen molar-refractivity contribution in [2.24, 2.45) is 9.39 Å². The number of amidine groups is 3. The van der Waals surface area contributed by atoms with Gasteiger partial charge in [0.15, 0.2) is 16.7 Å². The normalized spacial score (nSPS) is 15.4. The van der Waals surface area contributed by atoms with Crippen molar-refractivity contribution in [2.75, 3.05) is 27.4 Å². The van der Waals surface area contributed by atoms with Crippen LogP contribution >= 0.6 is 23.7 Å². The lowest BCUT2D eigenvalue weighted by molar-refractivity contribution is -0.114. The first-order chi connectivity index (χ1) is 20.0. The van der Waals surface area contributed by atoms with Gasteiger partial charge in [-0.25, -0.2) is 4.90 Å². The number of nitrogens with one attached hydrogen (secondary N) is 1. The summed E-state index contributed by atoms with van der Waals surface area (Å²) in [5.74, 6) is 2.23. The lowest BCUT2D eigenvalue weighted by atomic mass is 10.1. The highest BCUT2D eigenvalue weighted by Gasteiger charge is 2.37. The summed E-state index contributed by atoms with van der Waals surface area (Å²) in [7, 11) is 3.06. The Balaban J connectivity index is 1.32. The molecule has 2 aliphatic rings. The topological polar surface area (TPSA) is 106 Å². The number of hydrogen-bond acceptors (Lipinski definition) is 9. The van der Waals surface area contributed by atoms with Gasteiger partial charge in [-0.3, -0.25) is 10.2 Å². The Kier molecular flexibility index (Phi) is 8.95. The largest absolute Gasteiger partial charge is 0.493 e. The fourth-order valence-corrected chi connectivity index (χ4v) is 5.92. The number of benzene rings is 3. The molecule has 0 fully saturated rings. The monoisotopic (exact) mass is 588 g/mol. The summed E-state index contributed by atoms with van der Waals surface area (Å²) >= 11 is 2.58. The van der Waals surface area contributed by atoms with Crippen LogP contribution in [0.2, 0.25) is 0 Å². The van der Waals surface area contributed by atoms with Gasteiger partial charge in [-0.15, -0.1) is 0 Å². The van der Waals surface area contributed by atoms with Crippen molar-refractivity contribution in [3.05, 3.63) is 89.0 Å². The van der Waals surface area contributed by atoms with E-state index in [4.69, 9.17) is 24.4 Å². The Morgan fingerprint density at radius 1 is 0.951 bits per heavy atom. The van der Waals surface area contributed by atoms with Crippen molar-refractivity contribution in [3.8, 4) is 23.0 Å². The van der Waals surface area contributed by atoms with Crippen LogP contribution in [0.1, 0.15) is 16.7 Å². The first-order valence-electron chi connectivity index (χ1n) is 12.7. The second-order valence-corrected chi connectivity index (χ2v) is 10.6. The fraction of sp³-hybridized carbons (Fsp3) is 0.200. The smallest absolute Gasteiger partial charge is 0.283 e. The zero-order chi connectivity index (χ0) is 28.8. The zero-order valence-electron chi connectivity index (χ0n) is 22.7. The van der Waals surface area contributed by atoms with Crippen molar-refractivity contribution in [1.82, 2.24) is 4.90 Å². The molecule has 0 saturated heterocycles. The van der Waals surface area contributed by atoms with Gasteiger partial charge < -0.3 is 18.9 Å². The van der Waals surface area contributed by atoms with Gasteiger partial charge in [-0.05, 0) is 47.9 Å². The molecule has 9 nitrogen and oxygen atoms in total. The number of aryl methyl sites for hydroxylation is 1. The molecule has 2 aliphatic heterocycles. The second-order valence-electron chi connectivity index (χ2n) is 8.90. The Hall–Kier alpha value is -4.22. The van der Waals surface area contributed by atoms with Crippen molar-refractivity contribution >= 4 is 51.9 Å². The molecule has 0 spiro atoms. The average Bonchev–Trinajstić information content (AvgIpc) is 3.40. The molecular weight excluding hydrogens is 560 g/mol. The fourth-order valence-electron chi connectivity index (χ4n) is 4.12. The van der Waals surface area contributed by atoms with Crippen molar-refractivity contribution in [2.45, 2.75) is 12.7 Å². The summed E-state index contributed by atoms with van der Waals surface area (Å²) in [6.07, 6.45) is 1.60. The minimum atomic E-state index is -0.509. The van der Waals surface area contributed by atoms with Crippen LogP contribution in [0, 0.1) is 12.3 Å². The van der Waals surface area contributed by atoms with Crippen LogP contribution in [0.5, 0.6) is 23.0 Å². The minimum absolute atomic E-state index is 0.0101. The van der Waals surface area contributed by atoms with Crippen LogP contribution in [-0.2, 0) is 10.5 Å². The van der Waals surface area contributed by atoms with Gasteiger partial charge >= 0.3 is 0 Å². The molecule has 0 aromatic heterocycles. The molecule has 0 atom stereocenters. The number of nitrogens with zero attached hydrogens (tertiary/aromatic N) is 3. The van der Waals surface area contributed by atoms with E-state index in [1.54, 1.807) is 23.1 Å². The third-order valence-electron chi connectivity index (χ3n) is 6.18. The van der Waals surface area contributed by atoms with Gasteiger partial charge in [0.1, 0.15) is 24.8 Å².